The minimum Gasteiger partial charge on any atom is -0.393 e. The number of aliphatic hydroxyl groups is 1. The molecule has 2 aliphatic rings. The number of hydrogen-bond donors (Lipinski definition) is 3. The van der Waals surface area contributed by atoms with Gasteiger partial charge in [0.2, 0.25) is 5.91 Å². The van der Waals surface area contributed by atoms with Gasteiger partial charge in [0.25, 0.3) is 0 Å². The van der Waals surface area contributed by atoms with Gasteiger partial charge in [0.1, 0.15) is 0 Å². The lowest BCUT2D eigenvalue weighted by Gasteiger charge is -2.13. The van der Waals surface area contributed by atoms with Gasteiger partial charge in [-0.05, 0) is 25.2 Å². The summed E-state index contributed by atoms with van der Waals surface area (Å²) in [5.74, 6) is 2.33. The SMILES string of the molecule is O=C(NCC1CCC(O)C1)C1CSCN1. The molecule has 0 aromatic carbocycles. The number of rotatable bonds is 3. The Balaban J connectivity index is 1.66. The summed E-state index contributed by atoms with van der Waals surface area (Å²) >= 11 is 1.76. The molecule has 15 heavy (non-hydrogen) atoms. The Morgan fingerprint density at radius 3 is 3.00 bits per heavy atom. The normalized spacial score (nSPS) is 35.7. The number of carbonyl (C=O) groups excluding carboxylic acids is 1. The Morgan fingerprint density at radius 1 is 1.53 bits per heavy atom. The second-order valence-corrected chi connectivity index (χ2v) is 5.38. The van der Waals surface area contributed by atoms with Crippen LogP contribution in [0.2, 0.25) is 0 Å². The lowest BCUT2D eigenvalue weighted by molar-refractivity contribution is -0.122. The van der Waals surface area contributed by atoms with E-state index in [1.54, 1.807) is 11.8 Å². The van der Waals surface area contributed by atoms with E-state index in [0.29, 0.717) is 5.92 Å². The van der Waals surface area contributed by atoms with Gasteiger partial charge in [0, 0.05) is 18.2 Å². The van der Waals surface area contributed by atoms with Crippen molar-refractivity contribution in [2.24, 2.45) is 5.92 Å². The highest BCUT2D eigenvalue weighted by Crippen LogP contribution is 2.24. The van der Waals surface area contributed by atoms with Crippen LogP contribution in [0.5, 0.6) is 0 Å². The third kappa shape index (κ3) is 3.09. The monoisotopic (exact) mass is 230 g/mol. The molecular formula is C10H18N2O2S. The molecule has 4 nitrogen and oxygen atoms in total. The first-order valence-corrected chi connectivity index (χ1v) is 6.68. The Labute approximate surface area is 94.2 Å². The standard InChI is InChI=1S/C10H18N2O2S/c13-8-2-1-7(3-8)4-11-10(14)9-5-15-6-12-9/h7-9,12-13H,1-6H2,(H,11,14). The maximum Gasteiger partial charge on any atom is 0.238 e. The molecule has 2 fully saturated rings. The van der Waals surface area contributed by atoms with Crippen molar-refractivity contribution in [2.45, 2.75) is 31.4 Å². The van der Waals surface area contributed by atoms with Crippen LogP contribution < -0.4 is 10.6 Å². The molecular weight excluding hydrogens is 212 g/mol. The van der Waals surface area contributed by atoms with Crippen molar-refractivity contribution in [1.82, 2.24) is 10.6 Å². The number of amides is 1. The summed E-state index contributed by atoms with van der Waals surface area (Å²) in [6.45, 7) is 0.721. The molecule has 3 unspecified atom stereocenters. The van der Waals surface area contributed by atoms with E-state index in [1.165, 1.54) is 0 Å². The minimum absolute atomic E-state index is 0.0127. The molecule has 2 rings (SSSR count). The van der Waals surface area contributed by atoms with Crippen LogP contribution >= 0.6 is 11.8 Å². The summed E-state index contributed by atoms with van der Waals surface area (Å²) in [7, 11) is 0. The summed E-state index contributed by atoms with van der Waals surface area (Å²) in [5.41, 5.74) is 0. The van der Waals surface area contributed by atoms with Crippen LogP contribution in [0, 0.1) is 5.92 Å². The van der Waals surface area contributed by atoms with Crippen molar-refractivity contribution < 1.29 is 9.90 Å². The van der Waals surface area contributed by atoms with E-state index in [9.17, 15) is 9.90 Å². The van der Waals surface area contributed by atoms with Gasteiger partial charge in [-0.2, -0.15) is 0 Å². The van der Waals surface area contributed by atoms with Crippen LogP contribution in [0.1, 0.15) is 19.3 Å². The van der Waals surface area contributed by atoms with Gasteiger partial charge < -0.3 is 10.4 Å². The van der Waals surface area contributed by atoms with Crippen LogP contribution in [-0.2, 0) is 4.79 Å². The molecule has 1 saturated carbocycles. The Kier molecular flexibility index (Phi) is 3.88. The van der Waals surface area contributed by atoms with Crippen LogP contribution in [0.15, 0.2) is 0 Å². The second kappa shape index (κ2) is 5.18. The predicted molar refractivity (Wildman–Crippen MR) is 60.6 cm³/mol. The van der Waals surface area contributed by atoms with Gasteiger partial charge in [0.15, 0.2) is 0 Å². The molecule has 1 heterocycles. The fourth-order valence-electron chi connectivity index (χ4n) is 2.17. The zero-order valence-corrected chi connectivity index (χ0v) is 9.55. The van der Waals surface area contributed by atoms with Gasteiger partial charge in [0.05, 0.1) is 12.1 Å². The third-order valence-electron chi connectivity index (χ3n) is 3.11. The molecule has 3 atom stereocenters. The van der Waals surface area contributed by atoms with E-state index in [4.69, 9.17) is 0 Å². The van der Waals surface area contributed by atoms with Crippen LogP contribution in [-0.4, -0.2) is 41.3 Å². The Morgan fingerprint density at radius 2 is 2.40 bits per heavy atom. The van der Waals surface area contributed by atoms with Crippen molar-refractivity contribution in [3.63, 3.8) is 0 Å². The van der Waals surface area contributed by atoms with E-state index in [1.807, 2.05) is 0 Å². The van der Waals surface area contributed by atoms with Crippen LogP contribution in [0.3, 0.4) is 0 Å². The molecule has 1 amide bonds. The highest BCUT2D eigenvalue weighted by atomic mass is 32.2. The molecule has 0 aromatic heterocycles. The summed E-state index contributed by atoms with van der Waals surface area (Å²) in [4.78, 5) is 11.6. The molecule has 5 heteroatoms. The fourth-order valence-corrected chi connectivity index (χ4v) is 3.11. The highest BCUT2D eigenvalue weighted by molar-refractivity contribution is 7.99. The number of aliphatic hydroxyl groups excluding tert-OH is 1. The second-order valence-electron chi connectivity index (χ2n) is 4.35. The third-order valence-corrected chi connectivity index (χ3v) is 4.05. The van der Waals surface area contributed by atoms with Crippen molar-refractivity contribution >= 4 is 17.7 Å². The first kappa shape index (κ1) is 11.2. The molecule has 0 bridgehead atoms. The topological polar surface area (TPSA) is 61.4 Å². The van der Waals surface area contributed by atoms with Gasteiger partial charge >= 0.3 is 0 Å². The van der Waals surface area contributed by atoms with E-state index >= 15 is 0 Å². The van der Waals surface area contributed by atoms with E-state index in [0.717, 1.165) is 37.4 Å². The number of hydrogen-bond acceptors (Lipinski definition) is 4. The smallest absolute Gasteiger partial charge is 0.238 e. The Bertz CT molecular complexity index is 231. The van der Waals surface area contributed by atoms with Gasteiger partial charge in [-0.15, -0.1) is 11.8 Å². The molecule has 0 aromatic rings. The van der Waals surface area contributed by atoms with Crippen molar-refractivity contribution in [2.75, 3.05) is 18.2 Å². The Hall–Kier alpha value is -0.260. The van der Waals surface area contributed by atoms with E-state index in [-0.39, 0.29) is 18.1 Å². The molecule has 0 spiro atoms. The highest BCUT2D eigenvalue weighted by Gasteiger charge is 2.26. The van der Waals surface area contributed by atoms with Crippen molar-refractivity contribution in [3.05, 3.63) is 0 Å². The van der Waals surface area contributed by atoms with Gasteiger partial charge in [-0.1, -0.05) is 0 Å². The van der Waals surface area contributed by atoms with E-state index < -0.39 is 0 Å². The number of thioether (sulfide) groups is 1. The van der Waals surface area contributed by atoms with Crippen LogP contribution in [0.25, 0.3) is 0 Å². The quantitative estimate of drug-likeness (QED) is 0.635. The summed E-state index contributed by atoms with van der Waals surface area (Å²) in [6.07, 6.45) is 2.62. The summed E-state index contributed by atoms with van der Waals surface area (Å²) in [6, 6.07) is -0.0127. The zero-order chi connectivity index (χ0) is 10.7. The van der Waals surface area contributed by atoms with Gasteiger partial charge in [-0.3, -0.25) is 10.1 Å². The van der Waals surface area contributed by atoms with E-state index in [2.05, 4.69) is 10.6 Å². The van der Waals surface area contributed by atoms with Gasteiger partial charge in [-0.25, -0.2) is 0 Å². The maximum atomic E-state index is 11.6. The molecule has 0 radical (unpaired) electrons. The number of carbonyl (C=O) groups is 1. The average molecular weight is 230 g/mol. The summed E-state index contributed by atoms with van der Waals surface area (Å²) in [5, 5.41) is 15.5. The zero-order valence-electron chi connectivity index (χ0n) is 8.74. The first-order chi connectivity index (χ1) is 7.25. The molecule has 1 aliphatic heterocycles. The molecule has 86 valence electrons. The first-order valence-electron chi connectivity index (χ1n) is 5.52. The van der Waals surface area contributed by atoms with Crippen LogP contribution in [0.4, 0.5) is 0 Å². The lowest BCUT2D eigenvalue weighted by Crippen LogP contribution is -2.43. The average Bonchev–Trinajstić information content (AvgIpc) is 2.84. The summed E-state index contributed by atoms with van der Waals surface area (Å²) < 4.78 is 0. The predicted octanol–water partition coefficient (Wildman–Crippen LogP) is -0.0739. The lowest BCUT2D eigenvalue weighted by atomic mass is 10.1. The fraction of sp³-hybridized carbons (Fsp3) is 0.900. The largest absolute Gasteiger partial charge is 0.393 e. The van der Waals surface area contributed by atoms with Crippen molar-refractivity contribution in [3.8, 4) is 0 Å². The minimum atomic E-state index is -0.146. The molecule has 1 aliphatic carbocycles. The van der Waals surface area contributed by atoms with Crippen molar-refractivity contribution in [1.29, 1.82) is 0 Å². The molecule has 3 N–H and O–H groups in total. The number of nitrogens with one attached hydrogen (secondary N) is 2. The molecule has 1 saturated heterocycles. The maximum absolute atomic E-state index is 11.6.